The van der Waals surface area contributed by atoms with Crippen molar-refractivity contribution in [2.45, 2.75) is 19.4 Å². The molecule has 0 saturated heterocycles. The molecule has 0 unspecified atom stereocenters. The van der Waals surface area contributed by atoms with E-state index in [4.69, 9.17) is 5.11 Å². The number of aliphatic hydroxyl groups is 1. The third kappa shape index (κ3) is 2.40. The van der Waals surface area contributed by atoms with Crippen LogP contribution in [0, 0.1) is 0 Å². The fraction of sp³-hybridized carbons (Fsp3) is 0.417. The van der Waals surface area contributed by atoms with Crippen molar-refractivity contribution in [2.24, 2.45) is 0 Å². The second kappa shape index (κ2) is 4.63. The van der Waals surface area contributed by atoms with Gasteiger partial charge in [-0.25, -0.2) is 0 Å². The molecule has 0 saturated carbocycles. The van der Waals surface area contributed by atoms with Gasteiger partial charge in [0.1, 0.15) is 0 Å². The summed E-state index contributed by atoms with van der Waals surface area (Å²) in [5, 5.41) is 11.8. The Labute approximate surface area is 94.9 Å². The molecule has 0 aromatic heterocycles. The molecule has 1 aromatic carbocycles. The molecule has 4 heteroatoms. The van der Waals surface area contributed by atoms with Gasteiger partial charge in [-0.05, 0) is 30.7 Å². The smallest absolute Gasteiger partial charge is 0.224 e. The molecule has 0 atom stereocenters. The first-order valence-corrected chi connectivity index (χ1v) is 5.40. The van der Waals surface area contributed by atoms with Crippen LogP contribution >= 0.6 is 0 Å². The number of hydrogen-bond acceptors (Lipinski definition) is 3. The zero-order valence-electron chi connectivity index (χ0n) is 9.36. The van der Waals surface area contributed by atoms with Gasteiger partial charge in [-0.1, -0.05) is 12.1 Å². The standard InChI is InChI=1S/C12H16N2O2/c1-14(8-15)7-9-2-4-11-10(6-9)3-5-12(16)13-11/h2,4,6,15H,3,5,7-8H2,1H3,(H,13,16). The topological polar surface area (TPSA) is 52.6 Å². The first-order valence-electron chi connectivity index (χ1n) is 5.40. The molecule has 2 rings (SSSR count). The lowest BCUT2D eigenvalue weighted by Gasteiger charge is -2.19. The highest BCUT2D eigenvalue weighted by atomic mass is 16.3. The number of nitrogens with one attached hydrogen (secondary N) is 1. The number of amides is 1. The van der Waals surface area contributed by atoms with Crippen LogP contribution in [-0.4, -0.2) is 29.7 Å². The quantitative estimate of drug-likeness (QED) is 0.746. The molecular formula is C12H16N2O2. The van der Waals surface area contributed by atoms with E-state index in [0.29, 0.717) is 6.42 Å². The highest BCUT2D eigenvalue weighted by Gasteiger charge is 2.14. The summed E-state index contributed by atoms with van der Waals surface area (Å²) in [6.45, 7) is 0.769. The Morgan fingerprint density at radius 1 is 1.44 bits per heavy atom. The van der Waals surface area contributed by atoms with E-state index in [2.05, 4.69) is 11.4 Å². The monoisotopic (exact) mass is 220 g/mol. The predicted molar refractivity (Wildman–Crippen MR) is 61.9 cm³/mol. The minimum absolute atomic E-state index is 0.0494. The normalized spacial score (nSPS) is 14.8. The van der Waals surface area contributed by atoms with Crippen LogP contribution in [0.15, 0.2) is 18.2 Å². The summed E-state index contributed by atoms with van der Waals surface area (Å²) in [6, 6.07) is 6.02. The van der Waals surface area contributed by atoms with Crippen molar-refractivity contribution in [1.29, 1.82) is 0 Å². The summed E-state index contributed by atoms with van der Waals surface area (Å²) in [7, 11) is 1.86. The lowest BCUT2D eigenvalue weighted by molar-refractivity contribution is -0.116. The van der Waals surface area contributed by atoms with Crippen LogP contribution < -0.4 is 5.32 Å². The first-order chi connectivity index (χ1) is 7.69. The maximum atomic E-state index is 11.2. The van der Waals surface area contributed by atoms with E-state index in [0.717, 1.165) is 24.2 Å². The van der Waals surface area contributed by atoms with E-state index in [1.807, 2.05) is 24.1 Å². The molecular weight excluding hydrogens is 204 g/mol. The van der Waals surface area contributed by atoms with Crippen LogP contribution in [0.4, 0.5) is 5.69 Å². The van der Waals surface area contributed by atoms with E-state index in [9.17, 15) is 4.79 Å². The number of hydrogen-bond donors (Lipinski definition) is 2. The van der Waals surface area contributed by atoms with E-state index in [1.54, 1.807) is 0 Å². The molecule has 1 aliphatic heterocycles. The summed E-state index contributed by atoms with van der Waals surface area (Å²) in [4.78, 5) is 13.0. The number of rotatable bonds is 3. The fourth-order valence-electron chi connectivity index (χ4n) is 1.90. The molecule has 0 fully saturated rings. The van der Waals surface area contributed by atoms with E-state index < -0.39 is 0 Å². The predicted octanol–water partition coefficient (Wildman–Crippen LogP) is 0.953. The number of carbonyl (C=O) groups excluding carboxylic acids is 1. The molecule has 86 valence electrons. The van der Waals surface area contributed by atoms with Crippen molar-refractivity contribution in [1.82, 2.24) is 4.90 Å². The van der Waals surface area contributed by atoms with Gasteiger partial charge >= 0.3 is 0 Å². The Morgan fingerprint density at radius 2 is 2.25 bits per heavy atom. The second-order valence-electron chi connectivity index (χ2n) is 4.20. The van der Waals surface area contributed by atoms with Gasteiger partial charge in [-0.2, -0.15) is 0 Å². The largest absolute Gasteiger partial charge is 0.381 e. The van der Waals surface area contributed by atoms with Crippen LogP contribution in [0.2, 0.25) is 0 Å². The zero-order valence-corrected chi connectivity index (χ0v) is 9.36. The van der Waals surface area contributed by atoms with Crippen LogP contribution in [0.5, 0.6) is 0 Å². The first kappa shape index (κ1) is 11.1. The molecule has 0 spiro atoms. The average Bonchev–Trinajstić information content (AvgIpc) is 2.29. The minimum Gasteiger partial charge on any atom is -0.381 e. The Hall–Kier alpha value is -1.39. The van der Waals surface area contributed by atoms with Gasteiger partial charge in [0.2, 0.25) is 5.91 Å². The van der Waals surface area contributed by atoms with Crippen molar-refractivity contribution >= 4 is 11.6 Å². The van der Waals surface area contributed by atoms with Gasteiger partial charge in [0, 0.05) is 18.7 Å². The molecule has 2 N–H and O–H groups in total. The molecule has 16 heavy (non-hydrogen) atoms. The highest BCUT2D eigenvalue weighted by molar-refractivity contribution is 5.93. The van der Waals surface area contributed by atoms with Crippen molar-refractivity contribution in [2.75, 3.05) is 19.1 Å². The molecule has 1 amide bonds. The number of benzene rings is 1. The third-order valence-corrected chi connectivity index (χ3v) is 2.76. The van der Waals surface area contributed by atoms with E-state index in [-0.39, 0.29) is 12.6 Å². The third-order valence-electron chi connectivity index (χ3n) is 2.76. The Kier molecular flexibility index (Phi) is 3.22. The van der Waals surface area contributed by atoms with Crippen molar-refractivity contribution in [3.8, 4) is 0 Å². The maximum Gasteiger partial charge on any atom is 0.224 e. The lowest BCUT2D eigenvalue weighted by atomic mass is 10.0. The van der Waals surface area contributed by atoms with Crippen molar-refractivity contribution in [3.63, 3.8) is 0 Å². The summed E-state index contributed by atoms with van der Waals surface area (Å²) >= 11 is 0. The average molecular weight is 220 g/mol. The molecule has 4 nitrogen and oxygen atoms in total. The number of nitrogens with zero attached hydrogens (tertiary/aromatic N) is 1. The Bertz CT molecular complexity index is 404. The van der Waals surface area contributed by atoms with E-state index in [1.165, 1.54) is 5.56 Å². The molecule has 1 heterocycles. The van der Waals surface area contributed by atoms with Crippen molar-refractivity contribution < 1.29 is 9.90 Å². The highest BCUT2D eigenvalue weighted by Crippen LogP contribution is 2.23. The van der Waals surface area contributed by atoms with E-state index >= 15 is 0 Å². The molecule has 1 aromatic rings. The Morgan fingerprint density at radius 3 is 3.00 bits per heavy atom. The summed E-state index contributed by atoms with van der Waals surface area (Å²) in [5.74, 6) is 0.0905. The summed E-state index contributed by atoms with van der Waals surface area (Å²) < 4.78 is 0. The second-order valence-corrected chi connectivity index (χ2v) is 4.20. The van der Waals surface area contributed by atoms with Gasteiger partial charge < -0.3 is 10.4 Å². The summed E-state index contributed by atoms with van der Waals surface area (Å²) in [5.41, 5.74) is 3.27. The van der Waals surface area contributed by atoms with Crippen molar-refractivity contribution in [3.05, 3.63) is 29.3 Å². The van der Waals surface area contributed by atoms with Gasteiger partial charge in [0.25, 0.3) is 0 Å². The van der Waals surface area contributed by atoms with Gasteiger partial charge in [0.05, 0.1) is 6.73 Å². The SMILES string of the molecule is CN(CO)Cc1ccc2c(c1)CCC(=O)N2. The number of anilines is 1. The Balaban J connectivity index is 2.16. The summed E-state index contributed by atoms with van der Waals surface area (Å²) in [6.07, 6.45) is 1.37. The van der Waals surface area contributed by atoms with Crippen LogP contribution in [-0.2, 0) is 17.8 Å². The molecule has 1 aliphatic rings. The maximum absolute atomic E-state index is 11.2. The fourth-order valence-corrected chi connectivity index (χ4v) is 1.90. The molecule has 0 bridgehead atoms. The number of carbonyl (C=O) groups is 1. The number of aliphatic hydroxyl groups excluding tert-OH is 1. The van der Waals surface area contributed by atoms with Crippen LogP contribution in [0.3, 0.4) is 0 Å². The number of fused-ring (bicyclic) bond motifs is 1. The lowest BCUT2D eigenvalue weighted by Crippen LogP contribution is -2.21. The van der Waals surface area contributed by atoms with Gasteiger partial charge in [-0.15, -0.1) is 0 Å². The van der Waals surface area contributed by atoms with Gasteiger partial charge in [0.15, 0.2) is 0 Å². The van der Waals surface area contributed by atoms with Gasteiger partial charge in [-0.3, -0.25) is 9.69 Å². The zero-order chi connectivity index (χ0) is 11.5. The van der Waals surface area contributed by atoms with Crippen LogP contribution in [0.25, 0.3) is 0 Å². The number of aryl methyl sites for hydroxylation is 1. The van der Waals surface area contributed by atoms with Crippen LogP contribution in [0.1, 0.15) is 17.5 Å². The minimum atomic E-state index is 0.0494. The molecule has 0 radical (unpaired) electrons. The molecule has 0 aliphatic carbocycles.